The van der Waals surface area contributed by atoms with Gasteiger partial charge in [-0.2, -0.15) is 0 Å². The number of fused-ring (bicyclic) bond motifs is 1. The van der Waals surface area contributed by atoms with Gasteiger partial charge in [0.2, 0.25) is 6.29 Å². The topological polar surface area (TPSA) is 153 Å². The fourth-order valence-corrected chi connectivity index (χ4v) is 4.83. The molecule has 0 spiro atoms. The van der Waals surface area contributed by atoms with Gasteiger partial charge in [-0.3, -0.25) is 4.90 Å². The van der Waals surface area contributed by atoms with Crippen molar-refractivity contribution in [2.45, 2.75) is 57.9 Å². The van der Waals surface area contributed by atoms with Crippen molar-refractivity contribution >= 4 is 16.7 Å². The maximum atomic E-state index is 12.8. The Labute approximate surface area is 220 Å². The van der Waals surface area contributed by atoms with Crippen molar-refractivity contribution in [2.24, 2.45) is 5.16 Å². The van der Waals surface area contributed by atoms with E-state index >= 15 is 0 Å². The Bertz CT molecular complexity index is 1220. The van der Waals surface area contributed by atoms with Crippen molar-refractivity contribution in [2.75, 3.05) is 46.6 Å². The number of aliphatic hydroxyl groups excluding tert-OH is 2. The van der Waals surface area contributed by atoms with Gasteiger partial charge in [0.25, 0.3) is 0 Å². The number of hydrogen-bond acceptors (Lipinski definition) is 12. The molecule has 12 nitrogen and oxygen atoms in total. The lowest BCUT2D eigenvalue weighted by molar-refractivity contribution is -0.306. The number of rotatable bonds is 8. The molecule has 0 amide bonds. The smallest absolute Gasteiger partial charge is 0.349 e. The van der Waals surface area contributed by atoms with E-state index in [0.717, 1.165) is 13.1 Å². The quantitative estimate of drug-likeness (QED) is 0.193. The van der Waals surface area contributed by atoms with Gasteiger partial charge in [-0.05, 0) is 39.8 Å². The molecule has 2 aliphatic heterocycles. The fourth-order valence-electron chi connectivity index (χ4n) is 4.83. The molecule has 3 heterocycles. The van der Waals surface area contributed by atoms with E-state index in [2.05, 4.69) is 10.1 Å². The van der Waals surface area contributed by atoms with Crippen LogP contribution in [-0.2, 0) is 19.0 Å². The van der Waals surface area contributed by atoms with Crippen LogP contribution in [0.25, 0.3) is 11.0 Å². The lowest BCUT2D eigenvalue weighted by Crippen LogP contribution is -2.63. The van der Waals surface area contributed by atoms with Gasteiger partial charge < -0.3 is 43.5 Å². The van der Waals surface area contributed by atoms with Gasteiger partial charge in [0.05, 0.1) is 29.9 Å². The molecule has 1 aromatic heterocycles. The third-order valence-corrected chi connectivity index (χ3v) is 6.95. The van der Waals surface area contributed by atoms with Crippen LogP contribution >= 0.6 is 0 Å². The van der Waals surface area contributed by atoms with E-state index < -0.39 is 35.8 Å². The third-order valence-electron chi connectivity index (χ3n) is 6.95. The molecule has 2 fully saturated rings. The van der Waals surface area contributed by atoms with Crippen molar-refractivity contribution in [1.29, 1.82) is 0 Å². The zero-order valence-corrected chi connectivity index (χ0v) is 22.3. The van der Waals surface area contributed by atoms with Crippen LogP contribution in [0, 0.1) is 6.92 Å². The molecule has 1 aromatic carbocycles. The number of aryl methyl sites for hydroxylation is 1. The lowest BCUT2D eigenvalue weighted by atomic mass is 9.89. The van der Waals surface area contributed by atoms with Crippen LogP contribution in [0.3, 0.4) is 0 Å². The minimum Gasteiger partial charge on any atom is -0.506 e. The number of benzene rings is 1. The second kappa shape index (κ2) is 11.6. The van der Waals surface area contributed by atoms with Gasteiger partial charge in [-0.15, -0.1) is 0 Å². The molecule has 38 heavy (non-hydrogen) atoms. The monoisotopic (exact) mass is 536 g/mol. The first-order valence-corrected chi connectivity index (χ1v) is 12.5. The molecule has 0 aliphatic carbocycles. The maximum absolute atomic E-state index is 12.8. The van der Waals surface area contributed by atoms with Gasteiger partial charge in [0.1, 0.15) is 47.6 Å². The van der Waals surface area contributed by atoms with E-state index in [1.54, 1.807) is 33.8 Å². The molecule has 3 N–H and O–H groups in total. The van der Waals surface area contributed by atoms with Crippen molar-refractivity contribution in [3.63, 3.8) is 0 Å². The van der Waals surface area contributed by atoms with E-state index in [1.165, 1.54) is 13.2 Å². The van der Waals surface area contributed by atoms with Crippen molar-refractivity contribution < 1.29 is 43.5 Å². The third kappa shape index (κ3) is 5.65. The fraction of sp³-hybridized carbons (Fsp3) is 0.615. The minimum absolute atomic E-state index is 0.0987. The summed E-state index contributed by atoms with van der Waals surface area (Å²) in [5.41, 5.74) is -1.16. The Kier molecular flexibility index (Phi) is 8.60. The number of oxime groups is 1. The predicted octanol–water partition coefficient (Wildman–Crippen LogP) is 1.13. The summed E-state index contributed by atoms with van der Waals surface area (Å²) < 4.78 is 27.9. The Morgan fingerprint density at radius 2 is 1.92 bits per heavy atom. The van der Waals surface area contributed by atoms with Crippen molar-refractivity contribution in [1.82, 2.24) is 4.90 Å². The number of hydrogen-bond donors (Lipinski definition) is 3. The minimum atomic E-state index is -1.40. The molecular weight excluding hydrogens is 500 g/mol. The molecule has 2 aromatic rings. The molecule has 0 bridgehead atoms. The summed E-state index contributed by atoms with van der Waals surface area (Å²) in [5, 5.41) is 36.3. The summed E-state index contributed by atoms with van der Waals surface area (Å²) in [6, 6.07) is 3.09. The van der Waals surface area contributed by atoms with Crippen LogP contribution in [0.2, 0.25) is 0 Å². The van der Waals surface area contributed by atoms with Gasteiger partial charge >= 0.3 is 5.63 Å². The zero-order valence-electron chi connectivity index (χ0n) is 22.3. The molecule has 0 unspecified atom stereocenters. The highest BCUT2D eigenvalue weighted by Gasteiger charge is 2.50. The first-order valence-electron chi connectivity index (χ1n) is 12.5. The van der Waals surface area contributed by atoms with Crippen molar-refractivity contribution in [3.05, 3.63) is 33.7 Å². The number of methoxy groups -OCH3 is 1. The highest BCUT2D eigenvalue weighted by molar-refractivity contribution is 6.04. The molecule has 4 rings (SSSR count). The maximum Gasteiger partial charge on any atom is 0.349 e. The predicted molar refractivity (Wildman–Crippen MR) is 137 cm³/mol. The normalized spacial score (nSPS) is 26.4. The average Bonchev–Trinajstić information content (AvgIpc) is 2.87. The standard InChI is InChI=1S/C26H36N2O10/c1-14-17(36-25-21(31)20(30)23(33-5)26(3,4)38-25)7-6-16-19(29)18(24(32)37-22(14)16)15(2)27-35-13-10-28-8-11-34-12-9-28/h6-7,20-21,23,25,29-31H,8-13H2,1-5H3/t20-,21+,23+,25+/m0/s1. The first kappa shape index (κ1) is 28.3. The van der Waals surface area contributed by atoms with E-state index in [-0.39, 0.29) is 33.7 Å². The number of aromatic hydroxyl groups is 1. The van der Waals surface area contributed by atoms with Crippen LogP contribution in [0.5, 0.6) is 11.5 Å². The van der Waals surface area contributed by atoms with Crippen LogP contribution in [0.4, 0.5) is 0 Å². The van der Waals surface area contributed by atoms with Gasteiger partial charge in [0.15, 0.2) is 0 Å². The van der Waals surface area contributed by atoms with Gasteiger partial charge in [0, 0.05) is 32.3 Å². The molecular formula is C26H36N2O10. The second-order valence-electron chi connectivity index (χ2n) is 9.99. The van der Waals surface area contributed by atoms with Crippen LogP contribution in [0.15, 0.2) is 26.5 Å². The van der Waals surface area contributed by atoms with Crippen LogP contribution in [0.1, 0.15) is 31.9 Å². The van der Waals surface area contributed by atoms with Crippen LogP contribution < -0.4 is 10.4 Å². The van der Waals surface area contributed by atoms with E-state index in [9.17, 15) is 20.1 Å². The molecule has 2 saturated heterocycles. The Morgan fingerprint density at radius 1 is 1.21 bits per heavy atom. The first-order chi connectivity index (χ1) is 18.0. The molecule has 2 aliphatic rings. The average molecular weight is 537 g/mol. The Balaban J connectivity index is 1.53. The Morgan fingerprint density at radius 3 is 2.61 bits per heavy atom. The number of morpholine rings is 1. The summed E-state index contributed by atoms with van der Waals surface area (Å²) in [7, 11) is 1.42. The number of nitrogens with zero attached hydrogens (tertiary/aromatic N) is 2. The second-order valence-corrected chi connectivity index (χ2v) is 9.99. The zero-order chi connectivity index (χ0) is 27.6. The number of aliphatic hydroxyl groups is 2. The SMILES string of the molecule is CO[C@@H]1[C@@H](O)[C@@H](O)[C@H](Oc2ccc3c(O)c(C(C)=NOCCN4CCOCC4)c(=O)oc3c2C)OC1(C)C. The van der Waals surface area contributed by atoms with E-state index in [4.69, 9.17) is 28.2 Å². The highest BCUT2D eigenvalue weighted by atomic mass is 16.7. The molecule has 0 radical (unpaired) electrons. The molecule has 4 atom stereocenters. The summed E-state index contributed by atoms with van der Waals surface area (Å²) in [6.45, 7) is 10.6. The van der Waals surface area contributed by atoms with E-state index in [1.807, 2.05) is 0 Å². The van der Waals surface area contributed by atoms with E-state index in [0.29, 0.717) is 31.9 Å². The molecule has 210 valence electrons. The van der Waals surface area contributed by atoms with Gasteiger partial charge in [-0.25, -0.2) is 4.79 Å². The van der Waals surface area contributed by atoms with Crippen LogP contribution in [-0.4, -0.2) is 103 Å². The Hall–Kier alpha value is -2.74. The highest BCUT2D eigenvalue weighted by Crippen LogP contribution is 2.37. The largest absolute Gasteiger partial charge is 0.506 e. The summed E-state index contributed by atoms with van der Waals surface area (Å²) in [6.07, 6.45) is -4.63. The summed E-state index contributed by atoms with van der Waals surface area (Å²) >= 11 is 0. The molecule has 0 saturated carbocycles. The van der Waals surface area contributed by atoms with Gasteiger partial charge in [-0.1, -0.05) is 5.16 Å². The lowest BCUT2D eigenvalue weighted by Gasteiger charge is -2.46. The summed E-state index contributed by atoms with van der Waals surface area (Å²) in [5.74, 6) is -0.0510. The molecule has 12 heteroatoms. The summed E-state index contributed by atoms with van der Waals surface area (Å²) in [4.78, 5) is 20.4. The van der Waals surface area contributed by atoms with Crippen molar-refractivity contribution in [3.8, 4) is 11.5 Å². The number of ether oxygens (including phenoxy) is 4.